The molecule has 0 amide bonds. The number of hydrogen-bond acceptors (Lipinski definition) is 5. The number of piperazine rings is 1. The maximum atomic E-state index is 13.2. The highest BCUT2D eigenvalue weighted by Gasteiger charge is 2.29. The van der Waals surface area contributed by atoms with E-state index in [1.165, 1.54) is 22.5 Å². The van der Waals surface area contributed by atoms with E-state index in [1.54, 1.807) is 18.3 Å². The van der Waals surface area contributed by atoms with Crippen LogP contribution in [0.4, 0.5) is 4.39 Å². The molecule has 0 radical (unpaired) electrons. The molecule has 0 unspecified atom stereocenters. The highest BCUT2D eigenvalue weighted by atomic mass is 32.2. The van der Waals surface area contributed by atoms with E-state index >= 15 is 0 Å². The van der Waals surface area contributed by atoms with Gasteiger partial charge in [0.2, 0.25) is 10.0 Å². The minimum Gasteiger partial charge on any atom is -0.295 e. The first kappa shape index (κ1) is 17.5. The summed E-state index contributed by atoms with van der Waals surface area (Å²) in [6.45, 7) is 6.53. The summed E-state index contributed by atoms with van der Waals surface area (Å²) >= 11 is 1.62. The van der Waals surface area contributed by atoms with E-state index < -0.39 is 15.8 Å². The molecule has 0 bridgehead atoms. The van der Waals surface area contributed by atoms with Crippen LogP contribution < -0.4 is 0 Å². The van der Waals surface area contributed by atoms with Gasteiger partial charge in [0.1, 0.15) is 5.82 Å². The molecule has 1 aliphatic heterocycles. The third-order valence-corrected chi connectivity index (χ3v) is 7.02. The first-order chi connectivity index (χ1) is 11.4. The van der Waals surface area contributed by atoms with Crippen molar-refractivity contribution in [1.29, 1.82) is 0 Å². The summed E-state index contributed by atoms with van der Waals surface area (Å²) in [6.07, 6.45) is 0. The minimum absolute atomic E-state index is 0.187. The molecule has 0 spiro atoms. The molecule has 2 heterocycles. The van der Waals surface area contributed by atoms with Gasteiger partial charge in [0.15, 0.2) is 0 Å². The number of halogens is 1. The summed E-state index contributed by atoms with van der Waals surface area (Å²) < 4.78 is 40.2. The fraction of sp³-hybridized carbons (Fsp3) is 0.438. The maximum absolute atomic E-state index is 13.2. The molecule has 0 N–H and O–H groups in total. The summed E-state index contributed by atoms with van der Waals surface area (Å²) in [5.41, 5.74) is 1.47. The summed E-state index contributed by atoms with van der Waals surface area (Å²) in [4.78, 5) is 6.84. The van der Waals surface area contributed by atoms with Gasteiger partial charge in [-0.3, -0.25) is 4.90 Å². The average molecular weight is 369 g/mol. The Balaban J connectivity index is 1.67. The molecule has 8 heteroatoms. The molecule has 0 atom stereocenters. The van der Waals surface area contributed by atoms with Crippen LogP contribution in [-0.2, 0) is 16.6 Å². The average Bonchev–Trinajstić information content (AvgIpc) is 2.92. The van der Waals surface area contributed by atoms with Crippen LogP contribution in [0.2, 0.25) is 0 Å². The van der Waals surface area contributed by atoms with Crippen LogP contribution in [0.15, 0.2) is 28.5 Å². The van der Waals surface area contributed by atoms with Gasteiger partial charge in [-0.25, -0.2) is 17.8 Å². The maximum Gasteiger partial charge on any atom is 0.243 e. The zero-order valence-electron chi connectivity index (χ0n) is 13.7. The summed E-state index contributed by atoms with van der Waals surface area (Å²) in [6, 6.07) is 3.80. The Morgan fingerprint density at radius 1 is 1.21 bits per heavy atom. The van der Waals surface area contributed by atoms with Gasteiger partial charge in [-0.15, -0.1) is 11.3 Å². The van der Waals surface area contributed by atoms with Crippen LogP contribution in [0.25, 0.3) is 0 Å². The van der Waals surface area contributed by atoms with E-state index in [0.29, 0.717) is 31.7 Å². The van der Waals surface area contributed by atoms with E-state index in [4.69, 9.17) is 0 Å². The highest BCUT2D eigenvalue weighted by molar-refractivity contribution is 7.89. The van der Waals surface area contributed by atoms with Crippen molar-refractivity contribution in [2.45, 2.75) is 25.3 Å². The quantitative estimate of drug-likeness (QED) is 0.831. The Hall–Kier alpha value is -1.35. The third-order valence-electron chi connectivity index (χ3n) is 4.14. The molecule has 3 rings (SSSR count). The highest BCUT2D eigenvalue weighted by Crippen LogP contribution is 2.22. The first-order valence-electron chi connectivity index (χ1n) is 7.76. The lowest BCUT2D eigenvalue weighted by Crippen LogP contribution is -2.48. The fourth-order valence-electron chi connectivity index (χ4n) is 2.88. The fourth-order valence-corrected chi connectivity index (χ4v) is 5.11. The van der Waals surface area contributed by atoms with Crippen molar-refractivity contribution in [3.8, 4) is 0 Å². The van der Waals surface area contributed by atoms with Crippen molar-refractivity contribution >= 4 is 21.4 Å². The van der Waals surface area contributed by atoms with Crippen molar-refractivity contribution in [2.24, 2.45) is 0 Å². The molecule has 0 saturated carbocycles. The third kappa shape index (κ3) is 3.66. The number of benzene rings is 1. The topological polar surface area (TPSA) is 53.5 Å². The second-order valence-electron chi connectivity index (χ2n) is 5.95. The normalized spacial score (nSPS) is 17.3. The zero-order chi connectivity index (χ0) is 17.3. The van der Waals surface area contributed by atoms with Gasteiger partial charge in [-0.2, -0.15) is 4.31 Å². The summed E-state index contributed by atoms with van der Waals surface area (Å²) in [7, 11) is -3.58. The van der Waals surface area contributed by atoms with Gasteiger partial charge in [0.05, 0.1) is 15.6 Å². The first-order valence-corrected chi connectivity index (χ1v) is 10.1. The Morgan fingerprint density at radius 2 is 1.92 bits per heavy atom. The number of aromatic nitrogens is 1. The number of hydrogen-bond donors (Lipinski definition) is 0. The van der Waals surface area contributed by atoms with Gasteiger partial charge >= 0.3 is 0 Å². The second-order valence-corrected chi connectivity index (χ2v) is 8.92. The number of aryl methyl sites for hydroxylation is 2. The van der Waals surface area contributed by atoms with Crippen LogP contribution in [-0.4, -0.2) is 48.8 Å². The SMILES string of the molecule is Cc1nc(CN2CCN(S(=O)(=O)c3ccc(F)cc3C)CC2)cs1. The molecule has 24 heavy (non-hydrogen) atoms. The molecule has 1 saturated heterocycles. The Kier molecular flexibility index (Phi) is 5.00. The molecule has 1 fully saturated rings. The lowest BCUT2D eigenvalue weighted by molar-refractivity contribution is 0.180. The predicted molar refractivity (Wildman–Crippen MR) is 92.0 cm³/mol. The molecule has 1 aromatic carbocycles. The Labute approximate surface area is 145 Å². The van der Waals surface area contributed by atoms with Crippen molar-refractivity contribution in [3.63, 3.8) is 0 Å². The number of thiazole rings is 1. The molecule has 0 aliphatic carbocycles. The van der Waals surface area contributed by atoms with E-state index in [9.17, 15) is 12.8 Å². The summed E-state index contributed by atoms with van der Waals surface area (Å²) in [5, 5.41) is 3.08. The van der Waals surface area contributed by atoms with Crippen LogP contribution in [0.5, 0.6) is 0 Å². The smallest absolute Gasteiger partial charge is 0.243 e. The minimum atomic E-state index is -3.58. The molecule has 130 valence electrons. The van der Waals surface area contributed by atoms with Gasteiger partial charge in [-0.05, 0) is 37.6 Å². The van der Waals surface area contributed by atoms with Crippen molar-refractivity contribution in [2.75, 3.05) is 26.2 Å². The lowest BCUT2D eigenvalue weighted by atomic mass is 10.2. The van der Waals surface area contributed by atoms with E-state index in [-0.39, 0.29) is 4.90 Å². The van der Waals surface area contributed by atoms with Gasteiger partial charge in [-0.1, -0.05) is 0 Å². The molecular weight excluding hydrogens is 349 g/mol. The molecule has 5 nitrogen and oxygen atoms in total. The van der Waals surface area contributed by atoms with E-state index in [0.717, 1.165) is 17.2 Å². The molecule has 2 aromatic rings. The van der Waals surface area contributed by atoms with Crippen LogP contribution >= 0.6 is 11.3 Å². The molecule has 1 aromatic heterocycles. The second kappa shape index (κ2) is 6.87. The van der Waals surface area contributed by atoms with Gasteiger partial charge < -0.3 is 0 Å². The predicted octanol–water partition coefficient (Wildman–Crippen LogP) is 2.41. The number of nitrogens with zero attached hydrogens (tertiary/aromatic N) is 3. The largest absolute Gasteiger partial charge is 0.295 e. The van der Waals surface area contributed by atoms with E-state index in [2.05, 4.69) is 9.88 Å². The number of rotatable bonds is 4. The lowest BCUT2D eigenvalue weighted by Gasteiger charge is -2.33. The van der Waals surface area contributed by atoms with Crippen LogP contribution in [0.1, 0.15) is 16.3 Å². The van der Waals surface area contributed by atoms with Crippen molar-refractivity contribution < 1.29 is 12.8 Å². The van der Waals surface area contributed by atoms with Crippen molar-refractivity contribution in [3.05, 3.63) is 45.7 Å². The van der Waals surface area contributed by atoms with Crippen LogP contribution in [0, 0.1) is 19.7 Å². The van der Waals surface area contributed by atoms with E-state index in [1.807, 2.05) is 12.3 Å². The molecular formula is C16H20FN3O2S2. The van der Waals surface area contributed by atoms with Crippen LogP contribution in [0.3, 0.4) is 0 Å². The standard InChI is InChI=1S/C16H20FN3O2S2/c1-12-9-14(17)3-4-16(12)24(21,22)20-7-5-19(6-8-20)10-15-11-23-13(2)18-15/h3-4,9,11H,5-8,10H2,1-2H3. The van der Waals surface area contributed by atoms with Gasteiger partial charge in [0.25, 0.3) is 0 Å². The van der Waals surface area contributed by atoms with Gasteiger partial charge in [0, 0.05) is 38.1 Å². The number of sulfonamides is 1. The zero-order valence-corrected chi connectivity index (χ0v) is 15.3. The molecule has 1 aliphatic rings. The Morgan fingerprint density at radius 3 is 2.50 bits per heavy atom. The Bertz CT molecular complexity index is 828. The monoisotopic (exact) mass is 369 g/mol. The van der Waals surface area contributed by atoms with Crippen molar-refractivity contribution in [1.82, 2.24) is 14.2 Å². The summed E-state index contributed by atoms with van der Waals surface area (Å²) in [5.74, 6) is -0.421.